The first-order valence-corrected chi connectivity index (χ1v) is 4.41. The third kappa shape index (κ3) is 2.36. The second-order valence-corrected chi connectivity index (χ2v) is 3.69. The molecule has 0 N–H and O–H groups in total. The van der Waals surface area contributed by atoms with Crippen molar-refractivity contribution in [3.8, 4) is 0 Å². The quantitative estimate of drug-likeness (QED) is 0.476. The predicted octanol–water partition coefficient (Wildman–Crippen LogP) is 2.01. The number of rotatable bonds is 3. The molecule has 68 valence electrons. The molecule has 0 unspecified atom stereocenters. The Labute approximate surface area is 73.6 Å². The van der Waals surface area contributed by atoms with E-state index in [2.05, 4.69) is 18.6 Å². The van der Waals surface area contributed by atoms with E-state index in [4.69, 9.17) is 0 Å². The van der Waals surface area contributed by atoms with E-state index in [1.807, 2.05) is 6.08 Å². The van der Waals surface area contributed by atoms with Gasteiger partial charge >= 0.3 is 5.97 Å². The highest BCUT2D eigenvalue weighted by atomic mass is 16.5. The van der Waals surface area contributed by atoms with E-state index in [1.165, 1.54) is 19.6 Å². The number of esters is 1. The minimum atomic E-state index is -0.246. The Morgan fingerprint density at radius 3 is 2.67 bits per heavy atom. The normalized spacial score (nSPS) is 28.0. The van der Waals surface area contributed by atoms with Gasteiger partial charge in [0, 0.05) is 6.08 Å². The molecule has 0 aliphatic heterocycles. The van der Waals surface area contributed by atoms with Crippen molar-refractivity contribution >= 4 is 5.97 Å². The van der Waals surface area contributed by atoms with Gasteiger partial charge in [-0.05, 0) is 24.2 Å². The van der Waals surface area contributed by atoms with E-state index in [0.29, 0.717) is 5.92 Å². The van der Waals surface area contributed by atoms with Crippen LogP contribution in [-0.2, 0) is 9.53 Å². The molecular weight excluding hydrogens is 152 g/mol. The minimum Gasteiger partial charge on any atom is -0.466 e. The highest BCUT2D eigenvalue weighted by Gasteiger charge is 2.36. The Bertz CT molecular complexity index is 194. The van der Waals surface area contributed by atoms with Gasteiger partial charge in [-0.25, -0.2) is 4.79 Å². The van der Waals surface area contributed by atoms with E-state index in [9.17, 15) is 4.79 Å². The van der Waals surface area contributed by atoms with Gasteiger partial charge in [0.05, 0.1) is 7.11 Å². The average Bonchev–Trinajstić information content (AvgIpc) is 2.79. The van der Waals surface area contributed by atoms with Gasteiger partial charge in [0.15, 0.2) is 0 Å². The van der Waals surface area contributed by atoms with Gasteiger partial charge in [-0.2, -0.15) is 0 Å². The number of hydrogen-bond donors (Lipinski definition) is 0. The number of methoxy groups -OCH3 is 1. The van der Waals surface area contributed by atoms with Crippen molar-refractivity contribution in [1.82, 2.24) is 0 Å². The molecule has 0 amide bonds. The Kier molecular flexibility index (Phi) is 2.90. The van der Waals surface area contributed by atoms with Gasteiger partial charge in [-0.1, -0.05) is 19.9 Å². The summed E-state index contributed by atoms with van der Waals surface area (Å²) in [5, 5.41) is 0. The number of carbonyl (C=O) groups is 1. The van der Waals surface area contributed by atoms with Crippen LogP contribution in [0.15, 0.2) is 12.2 Å². The van der Waals surface area contributed by atoms with Crippen molar-refractivity contribution < 1.29 is 9.53 Å². The maximum absolute atomic E-state index is 10.7. The van der Waals surface area contributed by atoms with Crippen LogP contribution in [0, 0.1) is 17.8 Å². The van der Waals surface area contributed by atoms with Crippen molar-refractivity contribution in [2.24, 2.45) is 17.8 Å². The third-order valence-electron chi connectivity index (χ3n) is 2.43. The zero-order valence-corrected chi connectivity index (χ0v) is 7.91. The summed E-state index contributed by atoms with van der Waals surface area (Å²) in [5.74, 6) is 1.89. The van der Waals surface area contributed by atoms with E-state index >= 15 is 0 Å². The molecule has 1 saturated carbocycles. The fourth-order valence-corrected chi connectivity index (χ4v) is 1.49. The summed E-state index contributed by atoms with van der Waals surface area (Å²) in [6, 6.07) is 0. The molecular formula is C10H16O2. The molecule has 0 aromatic heterocycles. The minimum absolute atomic E-state index is 0.246. The number of ether oxygens (including phenoxy) is 1. The van der Waals surface area contributed by atoms with Crippen molar-refractivity contribution in [3.63, 3.8) is 0 Å². The molecule has 0 aromatic carbocycles. The molecule has 1 aliphatic carbocycles. The summed E-state index contributed by atoms with van der Waals surface area (Å²) in [6.45, 7) is 4.44. The predicted molar refractivity (Wildman–Crippen MR) is 47.6 cm³/mol. The second-order valence-electron chi connectivity index (χ2n) is 3.69. The van der Waals surface area contributed by atoms with Crippen molar-refractivity contribution in [3.05, 3.63) is 12.2 Å². The highest BCUT2D eigenvalue weighted by Crippen LogP contribution is 2.44. The van der Waals surface area contributed by atoms with E-state index in [1.54, 1.807) is 0 Å². The molecule has 12 heavy (non-hydrogen) atoms. The van der Waals surface area contributed by atoms with Gasteiger partial charge in [-0.3, -0.25) is 0 Å². The third-order valence-corrected chi connectivity index (χ3v) is 2.43. The Hall–Kier alpha value is -0.790. The van der Waals surface area contributed by atoms with Gasteiger partial charge in [0.1, 0.15) is 0 Å². The van der Waals surface area contributed by atoms with Gasteiger partial charge in [0.2, 0.25) is 0 Å². The summed E-state index contributed by atoms with van der Waals surface area (Å²) < 4.78 is 4.50. The molecule has 0 spiro atoms. The van der Waals surface area contributed by atoms with Crippen LogP contribution < -0.4 is 0 Å². The lowest BCUT2D eigenvalue weighted by Gasteiger charge is -1.98. The van der Waals surface area contributed by atoms with Crippen LogP contribution in [0.1, 0.15) is 20.3 Å². The topological polar surface area (TPSA) is 26.3 Å². The van der Waals surface area contributed by atoms with Crippen LogP contribution in [0.4, 0.5) is 0 Å². The first kappa shape index (κ1) is 9.30. The molecule has 0 bridgehead atoms. The molecule has 2 heteroatoms. The molecule has 1 rings (SSSR count). The van der Waals surface area contributed by atoms with E-state index in [-0.39, 0.29) is 5.97 Å². The summed E-state index contributed by atoms with van der Waals surface area (Å²) in [5.41, 5.74) is 0. The first-order chi connectivity index (χ1) is 5.65. The van der Waals surface area contributed by atoms with Crippen LogP contribution in [0.2, 0.25) is 0 Å². The lowest BCUT2D eigenvalue weighted by molar-refractivity contribution is -0.134. The van der Waals surface area contributed by atoms with E-state index < -0.39 is 0 Å². The van der Waals surface area contributed by atoms with E-state index in [0.717, 1.165) is 11.8 Å². The fraction of sp³-hybridized carbons (Fsp3) is 0.700. The second kappa shape index (κ2) is 3.74. The van der Waals surface area contributed by atoms with Crippen LogP contribution in [0.25, 0.3) is 0 Å². The molecule has 2 nitrogen and oxygen atoms in total. The lowest BCUT2D eigenvalue weighted by atomic mass is 10.1. The van der Waals surface area contributed by atoms with Gasteiger partial charge in [0.25, 0.3) is 0 Å². The highest BCUT2D eigenvalue weighted by molar-refractivity contribution is 5.81. The smallest absolute Gasteiger partial charge is 0.330 e. The Morgan fingerprint density at radius 2 is 2.25 bits per heavy atom. The maximum atomic E-state index is 10.7. The van der Waals surface area contributed by atoms with Crippen LogP contribution in [0.5, 0.6) is 0 Å². The first-order valence-electron chi connectivity index (χ1n) is 4.41. The molecule has 0 saturated heterocycles. The monoisotopic (exact) mass is 168 g/mol. The van der Waals surface area contributed by atoms with Gasteiger partial charge < -0.3 is 4.74 Å². The molecule has 2 atom stereocenters. The SMILES string of the molecule is COC(=O)/C=C/[C@@H]1C[C@H]1C(C)C. The molecule has 1 fully saturated rings. The molecule has 0 radical (unpaired) electrons. The fourth-order valence-electron chi connectivity index (χ4n) is 1.49. The molecule has 0 heterocycles. The zero-order valence-electron chi connectivity index (χ0n) is 7.91. The molecule has 1 aliphatic rings. The van der Waals surface area contributed by atoms with Crippen molar-refractivity contribution in [2.45, 2.75) is 20.3 Å². The van der Waals surface area contributed by atoms with Crippen LogP contribution >= 0.6 is 0 Å². The summed E-state index contributed by atoms with van der Waals surface area (Å²) in [6.07, 6.45) is 4.73. The standard InChI is InChI=1S/C10H16O2/c1-7(2)9-6-8(9)4-5-10(11)12-3/h4-5,7-9H,6H2,1-3H3/b5-4+/t8-,9+/m1/s1. The number of allylic oxidation sites excluding steroid dienone is 1. The Morgan fingerprint density at radius 1 is 1.58 bits per heavy atom. The van der Waals surface area contributed by atoms with Gasteiger partial charge in [-0.15, -0.1) is 0 Å². The Balaban J connectivity index is 2.27. The van der Waals surface area contributed by atoms with Crippen LogP contribution in [-0.4, -0.2) is 13.1 Å². The lowest BCUT2D eigenvalue weighted by Crippen LogP contribution is -1.95. The maximum Gasteiger partial charge on any atom is 0.330 e. The van der Waals surface area contributed by atoms with Crippen molar-refractivity contribution in [2.75, 3.05) is 7.11 Å². The number of hydrogen-bond acceptors (Lipinski definition) is 2. The van der Waals surface area contributed by atoms with Crippen LogP contribution in [0.3, 0.4) is 0 Å². The zero-order chi connectivity index (χ0) is 9.14. The summed E-state index contributed by atoms with van der Waals surface area (Å²) >= 11 is 0. The summed E-state index contributed by atoms with van der Waals surface area (Å²) in [4.78, 5) is 10.7. The average molecular weight is 168 g/mol. The van der Waals surface area contributed by atoms with Crippen molar-refractivity contribution in [1.29, 1.82) is 0 Å². The molecule has 0 aromatic rings. The number of carbonyl (C=O) groups excluding carboxylic acids is 1. The largest absolute Gasteiger partial charge is 0.466 e. The summed E-state index contributed by atoms with van der Waals surface area (Å²) in [7, 11) is 1.40.